The monoisotopic (exact) mass is 249 g/mol. The maximum atomic E-state index is 11.5. The number of aromatic amines is 1. The van der Waals surface area contributed by atoms with E-state index in [1.165, 1.54) is 4.31 Å². The second-order valence-electron chi connectivity index (χ2n) is 3.87. The molecule has 1 aromatic heterocycles. The highest BCUT2D eigenvalue weighted by molar-refractivity contribution is 7.78. The summed E-state index contributed by atoms with van der Waals surface area (Å²) < 4.78 is 1.38. The number of para-hydroxylation sites is 1. The van der Waals surface area contributed by atoms with Gasteiger partial charge in [-0.05, 0) is 13.0 Å². The zero-order valence-corrected chi connectivity index (χ0v) is 10.7. The Morgan fingerprint density at radius 1 is 1.47 bits per heavy atom. The van der Waals surface area contributed by atoms with Gasteiger partial charge in [-0.2, -0.15) is 0 Å². The van der Waals surface area contributed by atoms with Crippen LogP contribution in [0.2, 0.25) is 0 Å². The summed E-state index contributed by atoms with van der Waals surface area (Å²) in [5, 5.41) is 3.67. The van der Waals surface area contributed by atoms with Gasteiger partial charge in [0, 0.05) is 29.7 Å². The fourth-order valence-electron chi connectivity index (χ4n) is 1.86. The molecular formula is C12H15N3OS. The number of carbonyl (C=O) groups is 1. The number of nitrogens with one attached hydrogen (secondary N) is 2. The lowest BCUT2D eigenvalue weighted by molar-refractivity contribution is 0.221. The van der Waals surface area contributed by atoms with Crippen molar-refractivity contribution in [1.29, 1.82) is 0 Å². The van der Waals surface area contributed by atoms with Crippen LogP contribution in [0.3, 0.4) is 0 Å². The largest absolute Gasteiger partial charge is 0.361 e. The summed E-state index contributed by atoms with van der Waals surface area (Å²) in [5.41, 5.74) is 2.12. The maximum Gasteiger partial charge on any atom is 0.327 e. The molecular weight excluding hydrogens is 234 g/mol. The van der Waals surface area contributed by atoms with Gasteiger partial charge in [-0.1, -0.05) is 31.0 Å². The van der Waals surface area contributed by atoms with Gasteiger partial charge >= 0.3 is 6.03 Å². The first-order valence-corrected chi connectivity index (χ1v) is 5.81. The van der Waals surface area contributed by atoms with Crippen LogP contribution in [-0.2, 0) is 0 Å². The number of rotatable bonds is 2. The number of amides is 2. The van der Waals surface area contributed by atoms with Crippen molar-refractivity contribution in [2.75, 3.05) is 7.05 Å². The molecule has 0 bridgehead atoms. The number of hydrogen-bond acceptors (Lipinski definition) is 2. The average molecular weight is 249 g/mol. The first kappa shape index (κ1) is 11.9. The molecule has 0 saturated carbocycles. The lowest BCUT2D eigenvalue weighted by atomic mass is 10.1. The van der Waals surface area contributed by atoms with Crippen LogP contribution in [0, 0.1) is 0 Å². The molecule has 2 amide bonds. The molecule has 0 spiro atoms. The number of aromatic nitrogens is 1. The van der Waals surface area contributed by atoms with Crippen molar-refractivity contribution in [3.63, 3.8) is 0 Å². The third-order valence-electron chi connectivity index (χ3n) is 2.86. The van der Waals surface area contributed by atoms with Crippen molar-refractivity contribution >= 4 is 29.7 Å². The number of urea groups is 1. The fourth-order valence-corrected chi connectivity index (χ4v) is 2.09. The second-order valence-corrected chi connectivity index (χ2v) is 4.30. The third kappa shape index (κ3) is 2.10. The molecule has 2 rings (SSSR count). The van der Waals surface area contributed by atoms with Crippen molar-refractivity contribution in [2.45, 2.75) is 13.0 Å². The number of carbonyl (C=O) groups excluding carboxylic acids is 1. The van der Waals surface area contributed by atoms with E-state index in [2.05, 4.69) is 23.1 Å². The van der Waals surface area contributed by atoms with E-state index in [-0.39, 0.29) is 12.1 Å². The van der Waals surface area contributed by atoms with Gasteiger partial charge in [0.15, 0.2) is 0 Å². The first-order valence-electron chi connectivity index (χ1n) is 5.41. The van der Waals surface area contributed by atoms with Crippen molar-refractivity contribution in [2.24, 2.45) is 0 Å². The molecule has 1 aromatic carbocycles. The molecule has 1 heterocycles. The highest BCUT2D eigenvalue weighted by Crippen LogP contribution is 2.28. The Kier molecular flexibility index (Phi) is 3.28. The van der Waals surface area contributed by atoms with Gasteiger partial charge < -0.3 is 10.3 Å². The summed E-state index contributed by atoms with van der Waals surface area (Å²) >= 11 is 4.22. The number of thiol groups is 1. The Labute approximate surface area is 106 Å². The van der Waals surface area contributed by atoms with E-state index in [0.29, 0.717) is 0 Å². The third-order valence-corrected chi connectivity index (χ3v) is 3.39. The van der Waals surface area contributed by atoms with Crippen molar-refractivity contribution < 1.29 is 4.79 Å². The van der Waals surface area contributed by atoms with Crippen LogP contribution in [0.5, 0.6) is 0 Å². The van der Waals surface area contributed by atoms with Crippen LogP contribution >= 0.6 is 12.8 Å². The number of H-pyrrole nitrogens is 1. The molecule has 2 aromatic rings. The van der Waals surface area contributed by atoms with Gasteiger partial charge in [-0.25, -0.2) is 4.79 Å². The van der Waals surface area contributed by atoms with E-state index in [1.54, 1.807) is 7.05 Å². The minimum atomic E-state index is -0.217. The minimum absolute atomic E-state index is 0.102. The minimum Gasteiger partial charge on any atom is -0.361 e. The van der Waals surface area contributed by atoms with Crippen LogP contribution in [0.4, 0.5) is 4.79 Å². The summed E-state index contributed by atoms with van der Waals surface area (Å²) in [6, 6.07) is 7.68. The molecule has 1 unspecified atom stereocenters. The van der Waals surface area contributed by atoms with Gasteiger partial charge in [0.25, 0.3) is 0 Å². The zero-order chi connectivity index (χ0) is 12.4. The normalized spacial score (nSPS) is 12.4. The number of nitrogens with zero attached hydrogens (tertiary/aromatic N) is 1. The van der Waals surface area contributed by atoms with Crippen LogP contribution in [0.1, 0.15) is 18.5 Å². The first-order chi connectivity index (χ1) is 8.15. The smallest absolute Gasteiger partial charge is 0.327 e. The SMILES string of the molecule is CNC(=O)N(S)C(C)c1c[nH]c2ccccc12. The number of fused-ring (bicyclic) bond motifs is 1. The Balaban J connectivity index is 2.36. The van der Waals surface area contributed by atoms with E-state index >= 15 is 0 Å². The van der Waals surface area contributed by atoms with Gasteiger partial charge in [-0.15, -0.1) is 0 Å². The van der Waals surface area contributed by atoms with E-state index in [4.69, 9.17) is 0 Å². The Morgan fingerprint density at radius 2 is 2.18 bits per heavy atom. The summed E-state index contributed by atoms with van der Waals surface area (Å²) in [5.74, 6) is 0. The van der Waals surface area contributed by atoms with Gasteiger partial charge in [0.05, 0.1) is 6.04 Å². The van der Waals surface area contributed by atoms with E-state index < -0.39 is 0 Å². The summed E-state index contributed by atoms with van der Waals surface area (Å²) in [7, 11) is 1.59. The molecule has 90 valence electrons. The van der Waals surface area contributed by atoms with E-state index in [1.807, 2.05) is 37.4 Å². The van der Waals surface area contributed by atoms with Crippen LogP contribution in [0.25, 0.3) is 10.9 Å². The molecule has 0 saturated heterocycles. The highest BCUT2D eigenvalue weighted by Gasteiger charge is 2.19. The number of hydrogen-bond donors (Lipinski definition) is 3. The zero-order valence-electron chi connectivity index (χ0n) is 9.77. The maximum absolute atomic E-state index is 11.5. The Morgan fingerprint density at radius 3 is 2.88 bits per heavy atom. The van der Waals surface area contributed by atoms with Gasteiger partial charge in [0.1, 0.15) is 0 Å². The van der Waals surface area contributed by atoms with Crippen molar-refractivity contribution in [3.8, 4) is 0 Å². The fraction of sp³-hybridized carbons (Fsp3) is 0.250. The van der Waals surface area contributed by atoms with Crippen LogP contribution in [0.15, 0.2) is 30.5 Å². The lowest BCUT2D eigenvalue weighted by Gasteiger charge is -2.22. The molecule has 0 fully saturated rings. The standard InChI is InChI=1S/C12H15N3OS/c1-8(15(17)12(16)13-2)10-7-14-11-6-4-3-5-9(10)11/h3-8,14,17H,1-2H3,(H,13,16). The summed E-state index contributed by atoms with van der Waals surface area (Å²) in [6.45, 7) is 1.94. The second kappa shape index (κ2) is 4.71. The Bertz CT molecular complexity index is 537. The van der Waals surface area contributed by atoms with E-state index in [0.717, 1.165) is 16.5 Å². The molecule has 2 N–H and O–H groups in total. The molecule has 0 radical (unpaired) electrons. The number of benzene rings is 1. The van der Waals surface area contributed by atoms with Crippen LogP contribution in [-0.4, -0.2) is 22.4 Å². The van der Waals surface area contributed by atoms with Crippen molar-refractivity contribution in [3.05, 3.63) is 36.0 Å². The quantitative estimate of drug-likeness (QED) is 0.704. The molecule has 0 aliphatic heterocycles. The summed E-state index contributed by atoms with van der Waals surface area (Å²) in [6.07, 6.45) is 1.92. The predicted octanol–water partition coefficient (Wildman–Crippen LogP) is 2.72. The molecule has 0 aliphatic carbocycles. The molecule has 17 heavy (non-hydrogen) atoms. The van der Waals surface area contributed by atoms with Gasteiger partial charge in [-0.3, -0.25) is 4.31 Å². The molecule has 4 nitrogen and oxygen atoms in total. The average Bonchev–Trinajstić information content (AvgIpc) is 2.79. The molecule has 0 aliphatic rings. The summed E-state index contributed by atoms with van der Waals surface area (Å²) in [4.78, 5) is 14.7. The van der Waals surface area contributed by atoms with E-state index in [9.17, 15) is 4.79 Å². The Hall–Kier alpha value is -1.62. The lowest BCUT2D eigenvalue weighted by Crippen LogP contribution is -2.32. The topological polar surface area (TPSA) is 48.1 Å². The predicted molar refractivity (Wildman–Crippen MR) is 72.0 cm³/mol. The highest BCUT2D eigenvalue weighted by atomic mass is 32.1. The van der Waals surface area contributed by atoms with Gasteiger partial charge in [0.2, 0.25) is 0 Å². The van der Waals surface area contributed by atoms with Crippen LogP contribution < -0.4 is 5.32 Å². The van der Waals surface area contributed by atoms with Crippen molar-refractivity contribution in [1.82, 2.24) is 14.6 Å². The molecule has 5 heteroatoms. The molecule has 1 atom stereocenters.